The van der Waals surface area contributed by atoms with Gasteiger partial charge in [0.2, 0.25) is 5.95 Å². The fourth-order valence-corrected chi connectivity index (χ4v) is 4.84. The van der Waals surface area contributed by atoms with Crippen molar-refractivity contribution in [3.05, 3.63) is 88.3 Å². The number of furan rings is 1. The van der Waals surface area contributed by atoms with Crippen LogP contribution >= 0.6 is 0 Å². The number of rotatable bonds is 7. The van der Waals surface area contributed by atoms with E-state index in [4.69, 9.17) is 13.8 Å². The summed E-state index contributed by atoms with van der Waals surface area (Å²) in [6.45, 7) is 5.17. The Hall–Kier alpha value is -3.91. The van der Waals surface area contributed by atoms with Crippen LogP contribution < -0.4 is 10.9 Å². The minimum Gasteiger partial charge on any atom is -0.464 e. The van der Waals surface area contributed by atoms with E-state index in [9.17, 15) is 4.79 Å². The molecule has 8 nitrogen and oxygen atoms in total. The number of para-hydroxylation sites is 1. The Kier molecular flexibility index (Phi) is 5.58. The summed E-state index contributed by atoms with van der Waals surface area (Å²) in [5, 5.41) is 4.60. The first kappa shape index (κ1) is 21.6. The van der Waals surface area contributed by atoms with E-state index >= 15 is 0 Å². The van der Waals surface area contributed by atoms with Crippen molar-refractivity contribution in [2.75, 3.05) is 25.0 Å². The molecule has 0 radical (unpaired) electrons. The van der Waals surface area contributed by atoms with E-state index in [1.165, 1.54) is 0 Å². The predicted molar refractivity (Wildman–Crippen MR) is 135 cm³/mol. The van der Waals surface area contributed by atoms with Gasteiger partial charge in [-0.2, -0.15) is 0 Å². The number of nitrogens with zero attached hydrogens (tertiary/aromatic N) is 4. The summed E-state index contributed by atoms with van der Waals surface area (Å²) >= 11 is 0. The molecule has 35 heavy (non-hydrogen) atoms. The molecule has 0 bridgehead atoms. The van der Waals surface area contributed by atoms with Crippen molar-refractivity contribution in [2.45, 2.75) is 32.4 Å². The SMILES string of the molecule is Cc1ccc(Cn2c(NC3CCN(CCc4cc5ccccc5oc4=O)C3)nc3cccnc32)o1. The average molecular weight is 470 g/mol. The topological polar surface area (TPSA) is 89.3 Å². The number of aromatic nitrogens is 3. The summed E-state index contributed by atoms with van der Waals surface area (Å²) in [7, 11) is 0. The largest absolute Gasteiger partial charge is 0.464 e. The van der Waals surface area contributed by atoms with Crippen LogP contribution in [0.2, 0.25) is 0 Å². The molecule has 1 aliphatic rings. The van der Waals surface area contributed by atoms with Crippen LogP contribution in [0.15, 0.2) is 74.4 Å². The average Bonchev–Trinajstić information content (AvgIpc) is 3.57. The van der Waals surface area contributed by atoms with Gasteiger partial charge in [-0.25, -0.2) is 14.8 Å². The smallest absolute Gasteiger partial charge is 0.339 e. The quantitative estimate of drug-likeness (QED) is 0.357. The number of anilines is 1. The normalized spacial score (nSPS) is 16.4. The van der Waals surface area contributed by atoms with E-state index in [0.717, 1.165) is 65.6 Å². The number of benzene rings is 1. The summed E-state index contributed by atoms with van der Waals surface area (Å²) in [4.78, 5) is 24.1. The molecule has 5 heterocycles. The number of hydrogen-bond acceptors (Lipinski definition) is 7. The highest BCUT2D eigenvalue weighted by atomic mass is 16.4. The molecule has 0 amide bonds. The van der Waals surface area contributed by atoms with Gasteiger partial charge in [-0.15, -0.1) is 0 Å². The lowest BCUT2D eigenvalue weighted by molar-refractivity contribution is 0.339. The highest BCUT2D eigenvalue weighted by Gasteiger charge is 2.25. The van der Waals surface area contributed by atoms with Gasteiger partial charge in [0.15, 0.2) is 5.65 Å². The van der Waals surface area contributed by atoms with Gasteiger partial charge in [-0.1, -0.05) is 18.2 Å². The van der Waals surface area contributed by atoms with Crippen molar-refractivity contribution < 1.29 is 8.83 Å². The molecule has 4 aromatic heterocycles. The van der Waals surface area contributed by atoms with Crippen molar-refractivity contribution in [2.24, 2.45) is 0 Å². The Balaban J connectivity index is 1.14. The lowest BCUT2D eigenvalue weighted by Gasteiger charge is -2.17. The Morgan fingerprint density at radius 1 is 1.11 bits per heavy atom. The molecule has 0 spiro atoms. The predicted octanol–water partition coefficient (Wildman–Crippen LogP) is 4.22. The van der Waals surface area contributed by atoms with E-state index in [0.29, 0.717) is 18.5 Å². The standard InChI is InChI=1S/C27H27N5O3/c1-18-8-9-22(34-18)17-32-25-23(6-4-12-28-25)30-27(32)29-21-11-14-31(16-21)13-10-20-15-19-5-2-3-7-24(19)35-26(20)33/h2-9,12,15,21H,10-11,13-14,16-17H2,1H3,(H,29,30). The fourth-order valence-electron chi connectivity index (χ4n) is 4.84. The molecule has 0 saturated carbocycles. The van der Waals surface area contributed by atoms with Gasteiger partial charge in [0.25, 0.3) is 0 Å². The zero-order valence-electron chi connectivity index (χ0n) is 19.6. The molecule has 1 aromatic carbocycles. The van der Waals surface area contributed by atoms with Crippen LogP contribution in [0, 0.1) is 6.92 Å². The lowest BCUT2D eigenvalue weighted by atomic mass is 10.1. The first-order chi connectivity index (χ1) is 17.1. The third kappa shape index (κ3) is 4.44. The lowest BCUT2D eigenvalue weighted by Crippen LogP contribution is -2.29. The highest BCUT2D eigenvalue weighted by Crippen LogP contribution is 2.23. The monoisotopic (exact) mass is 469 g/mol. The van der Waals surface area contributed by atoms with Crippen LogP contribution in [-0.2, 0) is 13.0 Å². The fraction of sp³-hybridized carbons (Fsp3) is 0.296. The summed E-state index contributed by atoms with van der Waals surface area (Å²) in [6.07, 6.45) is 3.46. The Bertz CT molecular complexity index is 1550. The van der Waals surface area contributed by atoms with Crippen LogP contribution in [0.25, 0.3) is 22.1 Å². The first-order valence-corrected chi connectivity index (χ1v) is 12.0. The summed E-state index contributed by atoms with van der Waals surface area (Å²) in [5.74, 6) is 2.56. The van der Waals surface area contributed by atoms with E-state index in [1.807, 2.05) is 61.5 Å². The van der Waals surface area contributed by atoms with Crippen LogP contribution in [0.4, 0.5) is 5.95 Å². The van der Waals surface area contributed by atoms with Gasteiger partial charge >= 0.3 is 5.63 Å². The highest BCUT2D eigenvalue weighted by molar-refractivity contribution is 5.76. The molecule has 1 aliphatic heterocycles. The second kappa shape index (κ2) is 9.03. The molecule has 6 rings (SSSR count). The number of imidazole rings is 1. The molecule has 5 aromatic rings. The number of hydrogen-bond donors (Lipinski definition) is 1. The van der Waals surface area contributed by atoms with Gasteiger partial charge < -0.3 is 19.1 Å². The Labute approximate surface area is 202 Å². The summed E-state index contributed by atoms with van der Waals surface area (Å²) in [6, 6.07) is 17.7. The van der Waals surface area contributed by atoms with Gasteiger partial charge in [-0.3, -0.25) is 4.57 Å². The second-order valence-electron chi connectivity index (χ2n) is 9.16. The van der Waals surface area contributed by atoms with E-state index in [2.05, 4.69) is 19.8 Å². The molecule has 1 saturated heterocycles. The molecule has 1 atom stereocenters. The number of pyridine rings is 1. The summed E-state index contributed by atoms with van der Waals surface area (Å²) in [5.41, 5.74) is 2.81. The van der Waals surface area contributed by atoms with Crippen molar-refractivity contribution in [1.82, 2.24) is 19.4 Å². The molecule has 178 valence electrons. The van der Waals surface area contributed by atoms with Crippen LogP contribution in [0.1, 0.15) is 23.5 Å². The Morgan fingerprint density at radius 3 is 2.91 bits per heavy atom. The van der Waals surface area contributed by atoms with E-state index in [-0.39, 0.29) is 11.7 Å². The van der Waals surface area contributed by atoms with Gasteiger partial charge in [-0.05, 0) is 56.2 Å². The van der Waals surface area contributed by atoms with Crippen molar-refractivity contribution in [3.63, 3.8) is 0 Å². The molecule has 1 unspecified atom stereocenters. The van der Waals surface area contributed by atoms with Crippen molar-refractivity contribution in [1.29, 1.82) is 0 Å². The molecule has 0 aliphatic carbocycles. The van der Waals surface area contributed by atoms with E-state index in [1.54, 1.807) is 6.20 Å². The number of aryl methyl sites for hydroxylation is 1. The minimum absolute atomic E-state index is 0.244. The maximum absolute atomic E-state index is 12.4. The molecule has 1 N–H and O–H groups in total. The van der Waals surface area contributed by atoms with Crippen LogP contribution in [0.5, 0.6) is 0 Å². The number of likely N-dealkylation sites (tertiary alicyclic amines) is 1. The van der Waals surface area contributed by atoms with Crippen molar-refractivity contribution in [3.8, 4) is 0 Å². The molecular formula is C27H27N5O3. The molecular weight excluding hydrogens is 442 g/mol. The van der Waals surface area contributed by atoms with Gasteiger partial charge in [0, 0.05) is 42.8 Å². The van der Waals surface area contributed by atoms with Gasteiger partial charge in [0.1, 0.15) is 22.6 Å². The number of nitrogens with one attached hydrogen (secondary N) is 1. The maximum Gasteiger partial charge on any atom is 0.339 e. The maximum atomic E-state index is 12.4. The molecule has 1 fully saturated rings. The zero-order valence-corrected chi connectivity index (χ0v) is 19.6. The van der Waals surface area contributed by atoms with Gasteiger partial charge in [0.05, 0.1) is 6.54 Å². The first-order valence-electron chi connectivity index (χ1n) is 12.0. The van der Waals surface area contributed by atoms with Crippen LogP contribution in [0.3, 0.4) is 0 Å². The second-order valence-corrected chi connectivity index (χ2v) is 9.16. The third-order valence-electron chi connectivity index (χ3n) is 6.63. The van der Waals surface area contributed by atoms with Crippen LogP contribution in [-0.4, -0.2) is 45.1 Å². The Morgan fingerprint density at radius 2 is 2.03 bits per heavy atom. The number of fused-ring (bicyclic) bond motifs is 2. The molecule has 8 heteroatoms. The van der Waals surface area contributed by atoms with Crippen molar-refractivity contribution >= 4 is 28.1 Å². The summed E-state index contributed by atoms with van der Waals surface area (Å²) < 4.78 is 13.4. The van der Waals surface area contributed by atoms with E-state index < -0.39 is 0 Å². The third-order valence-corrected chi connectivity index (χ3v) is 6.63. The minimum atomic E-state index is -0.244. The zero-order chi connectivity index (χ0) is 23.8.